The molecular weight excluding hydrogens is 398 g/mol. The second kappa shape index (κ2) is 12.0. The van der Waals surface area contributed by atoms with Gasteiger partial charge in [-0.3, -0.25) is 19.3 Å². The summed E-state index contributed by atoms with van der Waals surface area (Å²) in [5.41, 5.74) is -0.701. The molecule has 0 aromatic rings. The Bertz CT molecular complexity index is 587. The Morgan fingerprint density at radius 1 is 1.07 bits per heavy atom. The van der Waals surface area contributed by atoms with Gasteiger partial charge in [0.05, 0.1) is 11.9 Å². The van der Waals surface area contributed by atoms with Crippen molar-refractivity contribution in [1.82, 2.24) is 15.1 Å². The molecule has 0 heterocycles. The third-order valence-electron chi connectivity index (χ3n) is 4.13. The summed E-state index contributed by atoms with van der Waals surface area (Å²) < 4.78 is 5.36. The molecule has 0 aliphatic rings. The van der Waals surface area contributed by atoms with Gasteiger partial charge < -0.3 is 15.0 Å². The molecule has 0 radical (unpaired) electrons. The number of Topliss-reactive ketones (excluding diaryl/α,β-unsaturated/α-hetero) is 1. The van der Waals surface area contributed by atoms with E-state index in [4.69, 9.17) is 16.3 Å². The molecule has 0 rings (SSSR count). The van der Waals surface area contributed by atoms with Crippen molar-refractivity contribution in [3.63, 3.8) is 0 Å². The summed E-state index contributed by atoms with van der Waals surface area (Å²) in [5.74, 6) is -1.18. The normalized spacial score (nSPS) is 13.4. The molecule has 0 aliphatic carbocycles. The van der Waals surface area contributed by atoms with E-state index in [1.807, 2.05) is 13.8 Å². The van der Waals surface area contributed by atoms with Crippen LogP contribution in [0.25, 0.3) is 0 Å². The number of carbonyl (C=O) groups is 4. The van der Waals surface area contributed by atoms with Crippen molar-refractivity contribution in [3.05, 3.63) is 0 Å². The predicted molar refractivity (Wildman–Crippen MR) is 113 cm³/mol. The molecule has 2 atom stereocenters. The standard InChI is InChI=1S/C20H36ClN3O5/c1-13(2)11-15(24(8)19(28)29-20(3,4)5)18(27)22-14(16(25)12-21)9-10-17(26)23(6)7/h13-15H,9-12H2,1-8H3,(H,22,27)/t14?,15-/m0/s1. The molecule has 29 heavy (non-hydrogen) atoms. The number of rotatable bonds is 10. The number of hydrogen-bond acceptors (Lipinski definition) is 5. The van der Waals surface area contributed by atoms with E-state index < -0.39 is 29.7 Å². The van der Waals surface area contributed by atoms with Gasteiger partial charge in [0.2, 0.25) is 11.8 Å². The lowest BCUT2D eigenvalue weighted by molar-refractivity contribution is -0.132. The molecule has 1 unspecified atom stereocenters. The van der Waals surface area contributed by atoms with Crippen molar-refractivity contribution in [2.45, 2.75) is 71.6 Å². The molecule has 0 aliphatic heterocycles. The summed E-state index contributed by atoms with van der Waals surface area (Å²) in [6.07, 6.45) is -0.00259. The number of nitrogens with zero attached hydrogens (tertiary/aromatic N) is 2. The smallest absolute Gasteiger partial charge is 0.410 e. The predicted octanol–water partition coefficient (Wildman–Crippen LogP) is 2.43. The summed E-state index contributed by atoms with van der Waals surface area (Å²) in [5, 5.41) is 2.67. The minimum Gasteiger partial charge on any atom is -0.444 e. The van der Waals surface area contributed by atoms with Gasteiger partial charge in [-0.05, 0) is 39.5 Å². The Morgan fingerprint density at radius 3 is 2.03 bits per heavy atom. The average molecular weight is 434 g/mol. The Kier molecular flexibility index (Phi) is 11.2. The van der Waals surface area contributed by atoms with Gasteiger partial charge in [-0.2, -0.15) is 0 Å². The van der Waals surface area contributed by atoms with Crippen LogP contribution in [0.15, 0.2) is 0 Å². The second-order valence-electron chi connectivity index (χ2n) is 8.72. The maximum atomic E-state index is 12.9. The molecule has 0 saturated heterocycles. The van der Waals surface area contributed by atoms with Crippen LogP contribution in [0, 0.1) is 5.92 Å². The Hall–Kier alpha value is -1.83. The van der Waals surface area contributed by atoms with Crippen LogP contribution < -0.4 is 5.32 Å². The number of carbonyl (C=O) groups excluding carboxylic acids is 4. The molecule has 3 amide bonds. The SMILES string of the molecule is CC(C)C[C@@H](C(=O)NC(CCC(=O)N(C)C)C(=O)CCl)N(C)C(=O)OC(C)(C)C. The second-order valence-corrected chi connectivity index (χ2v) is 8.99. The molecular formula is C20H36ClN3O5. The first-order valence-corrected chi connectivity index (χ1v) is 10.3. The number of ether oxygens (including phenoxy) is 1. The van der Waals surface area contributed by atoms with E-state index in [9.17, 15) is 19.2 Å². The molecule has 0 fully saturated rings. The van der Waals surface area contributed by atoms with Crippen LogP contribution in [0.2, 0.25) is 0 Å². The van der Waals surface area contributed by atoms with Crippen molar-refractivity contribution in [3.8, 4) is 0 Å². The molecule has 0 spiro atoms. The van der Waals surface area contributed by atoms with Crippen molar-refractivity contribution in [2.75, 3.05) is 27.0 Å². The molecule has 168 valence electrons. The fourth-order valence-corrected chi connectivity index (χ4v) is 2.70. The van der Waals surface area contributed by atoms with Crippen LogP contribution in [-0.4, -0.2) is 78.2 Å². The minimum atomic E-state index is -0.898. The van der Waals surface area contributed by atoms with Crippen LogP contribution >= 0.6 is 11.6 Å². The number of likely N-dealkylation sites (N-methyl/N-ethyl adjacent to an activating group) is 1. The van der Waals surface area contributed by atoms with Gasteiger partial charge in [0.15, 0.2) is 5.78 Å². The number of alkyl halides is 1. The third kappa shape index (κ3) is 10.5. The van der Waals surface area contributed by atoms with Crippen LogP contribution in [-0.2, 0) is 19.1 Å². The van der Waals surface area contributed by atoms with Gasteiger partial charge in [0.25, 0.3) is 0 Å². The van der Waals surface area contributed by atoms with Crippen LogP contribution in [0.3, 0.4) is 0 Å². The fourth-order valence-electron chi connectivity index (χ4n) is 2.51. The largest absolute Gasteiger partial charge is 0.444 e. The van der Waals surface area contributed by atoms with Gasteiger partial charge in [-0.15, -0.1) is 11.6 Å². The van der Waals surface area contributed by atoms with E-state index in [1.54, 1.807) is 34.9 Å². The zero-order valence-electron chi connectivity index (χ0n) is 18.9. The summed E-state index contributed by atoms with van der Waals surface area (Å²) in [4.78, 5) is 52.1. The summed E-state index contributed by atoms with van der Waals surface area (Å²) in [6.45, 7) is 9.09. The summed E-state index contributed by atoms with van der Waals surface area (Å²) >= 11 is 5.68. The number of hydrogen-bond donors (Lipinski definition) is 1. The first kappa shape index (κ1) is 27.2. The zero-order chi connectivity index (χ0) is 22.9. The lowest BCUT2D eigenvalue weighted by Crippen LogP contribution is -2.53. The number of amides is 3. The molecule has 9 heteroatoms. The molecule has 8 nitrogen and oxygen atoms in total. The van der Waals surface area contributed by atoms with E-state index in [0.717, 1.165) is 0 Å². The Morgan fingerprint density at radius 2 is 1.62 bits per heavy atom. The highest BCUT2D eigenvalue weighted by Crippen LogP contribution is 2.16. The maximum absolute atomic E-state index is 12.9. The van der Waals surface area contributed by atoms with Crippen LogP contribution in [0.1, 0.15) is 53.9 Å². The highest BCUT2D eigenvalue weighted by Gasteiger charge is 2.33. The quantitative estimate of drug-likeness (QED) is 0.534. The van der Waals surface area contributed by atoms with Gasteiger partial charge in [-0.25, -0.2) is 4.79 Å². The lowest BCUT2D eigenvalue weighted by Gasteiger charge is -2.32. The van der Waals surface area contributed by atoms with Gasteiger partial charge in [-0.1, -0.05) is 13.8 Å². The van der Waals surface area contributed by atoms with E-state index >= 15 is 0 Å². The maximum Gasteiger partial charge on any atom is 0.410 e. The summed E-state index contributed by atoms with van der Waals surface area (Å²) in [6, 6.07) is -1.72. The highest BCUT2D eigenvalue weighted by atomic mass is 35.5. The van der Waals surface area contributed by atoms with E-state index in [1.165, 1.54) is 16.8 Å². The van der Waals surface area contributed by atoms with Crippen LogP contribution in [0.5, 0.6) is 0 Å². The number of ketones is 1. The number of nitrogens with one attached hydrogen (secondary N) is 1. The Balaban J connectivity index is 5.39. The third-order valence-corrected chi connectivity index (χ3v) is 4.39. The summed E-state index contributed by atoms with van der Waals surface area (Å²) in [7, 11) is 4.73. The molecule has 1 N–H and O–H groups in total. The molecule has 0 aromatic carbocycles. The van der Waals surface area contributed by atoms with E-state index in [0.29, 0.717) is 6.42 Å². The molecule has 0 saturated carbocycles. The van der Waals surface area contributed by atoms with Crippen molar-refractivity contribution in [2.24, 2.45) is 5.92 Å². The first-order valence-electron chi connectivity index (χ1n) is 9.74. The molecule has 0 aromatic heterocycles. The zero-order valence-corrected chi connectivity index (χ0v) is 19.6. The fraction of sp³-hybridized carbons (Fsp3) is 0.800. The Labute approximate surface area is 179 Å². The highest BCUT2D eigenvalue weighted by molar-refractivity contribution is 6.28. The minimum absolute atomic E-state index is 0.0946. The number of halogens is 1. The lowest BCUT2D eigenvalue weighted by atomic mass is 10.0. The van der Waals surface area contributed by atoms with Gasteiger partial charge in [0, 0.05) is 27.6 Å². The van der Waals surface area contributed by atoms with E-state index in [-0.39, 0.29) is 36.3 Å². The monoisotopic (exact) mass is 433 g/mol. The van der Waals surface area contributed by atoms with Gasteiger partial charge >= 0.3 is 6.09 Å². The van der Waals surface area contributed by atoms with Crippen LogP contribution in [0.4, 0.5) is 4.79 Å². The molecule has 0 bridgehead atoms. The van der Waals surface area contributed by atoms with Crippen molar-refractivity contribution < 1.29 is 23.9 Å². The van der Waals surface area contributed by atoms with Gasteiger partial charge in [0.1, 0.15) is 11.6 Å². The van der Waals surface area contributed by atoms with E-state index in [2.05, 4.69) is 5.32 Å². The van der Waals surface area contributed by atoms with Crippen molar-refractivity contribution in [1.29, 1.82) is 0 Å². The average Bonchev–Trinajstić information content (AvgIpc) is 2.59. The first-order chi connectivity index (χ1) is 13.2. The van der Waals surface area contributed by atoms with Crippen molar-refractivity contribution >= 4 is 35.3 Å². The topological polar surface area (TPSA) is 96.0 Å².